The van der Waals surface area contributed by atoms with Gasteiger partial charge < -0.3 is 5.32 Å². The molecule has 19 heavy (non-hydrogen) atoms. The monoisotopic (exact) mass is 252 g/mol. The maximum atomic E-state index is 8.95. The SMILES string of the molecule is CCCNc1ncnc(-c2cccc(C#N)c2)c1C. The van der Waals surface area contributed by atoms with Gasteiger partial charge in [0.05, 0.1) is 17.3 Å². The van der Waals surface area contributed by atoms with Crippen molar-refractivity contribution in [1.82, 2.24) is 9.97 Å². The Morgan fingerprint density at radius 3 is 2.89 bits per heavy atom. The average molecular weight is 252 g/mol. The van der Waals surface area contributed by atoms with Crippen LogP contribution in [0.25, 0.3) is 11.3 Å². The molecule has 0 radical (unpaired) electrons. The summed E-state index contributed by atoms with van der Waals surface area (Å²) in [5.74, 6) is 0.856. The molecule has 1 N–H and O–H groups in total. The first-order valence-corrected chi connectivity index (χ1v) is 6.32. The summed E-state index contributed by atoms with van der Waals surface area (Å²) in [6.07, 6.45) is 2.60. The van der Waals surface area contributed by atoms with E-state index in [0.717, 1.165) is 35.6 Å². The zero-order valence-corrected chi connectivity index (χ0v) is 11.1. The number of benzene rings is 1. The molecule has 0 amide bonds. The van der Waals surface area contributed by atoms with Gasteiger partial charge in [-0.3, -0.25) is 0 Å². The van der Waals surface area contributed by atoms with Crippen LogP contribution in [-0.2, 0) is 0 Å². The Hall–Kier alpha value is -2.41. The molecule has 0 saturated heterocycles. The summed E-state index contributed by atoms with van der Waals surface area (Å²) in [6, 6.07) is 9.61. The molecule has 96 valence electrons. The van der Waals surface area contributed by atoms with Crippen molar-refractivity contribution in [2.45, 2.75) is 20.3 Å². The average Bonchev–Trinajstić information content (AvgIpc) is 2.46. The maximum absolute atomic E-state index is 8.95. The number of rotatable bonds is 4. The third kappa shape index (κ3) is 2.89. The summed E-state index contributed by atoms with van der Waals surface area (Å²) in [7, 11) is 0. The molecule has 0 atom stereocenters. The molecule has 4 heteroatoms. The quantitative estimate of drug-likeness (QED) is 0.908. The summed E-state index contributed by atoms with van der Waals surface area (Å²) >= 11 is 0. The molecular weight excluding hydrogens is 236 g/mol. The molecule has 0 aliphatic carbocycles. The van der Waals surface area contributed by atoms with Crippen molar-refractivity contribution in [2.24, 2.45) is 0 Å². The van der Waals surface area contributed by atoms with E-state index in [1.165, 1.54) is 0 Å². The second kappa shape index (κ2) is 5.96. The molecule has 2 aromatic rings. The minimum Gasteiger partial charge on any atom is -0.370 e. The van der Waals surface area contributed by atoms with Crippen LogP contribution in [0.1, 0.15) is 24.5 Å². The van der Waals surface area contributed by atoms with Gasteiger partial charge in [0, 0.05) is 17.7 Å². The van der Waals surface area contributed by atoms with Crippen LogP contribution in [0.2, 0.25) is 0 Å². The van der Waals surface area contributed by atoms with Crippen molar-refractivity contribution in [3.63, 3.8) is 0 Å². The molecule has 0 fully saturated rings. The summed E-state index contributed by atoms with van der Waals surface area (Å²) < 4.78 is 0. The first-order valence-electron chi connectivity index (χ1n) is 6.32. The molecule has 1 aromatic carbocycles. The third-order valence-corrected chi connectivity index (χ3v) is 2.89. The number of nitriles is 1. The van der Waals surface area contributed by atoms with Crippen LogP contribution in [0.15, 0.2) is 30.6 Å². The molecule has 1 aromatic heterocycles. The number of nitrogens with zero attached hydrogens (tertiary/aromatic N) is 3. The Balaban J connectivity index is 2.42. The molecule has 1 heterocycles. The smallest absolute Gasteiger partial charge is 0.132 e. The number of hydrogen-bond acceptors (Lipinski definition) is 4. The van der Waals surface area contributed by atoms with Crippen LogP contribution < -0.4 is 5.32 Å². The molecule has 0 aliphatic rings. The first-order chi connectivity index (χ1) is 9.26. The second-order valence-corrected chi connectivity index (χ2v) is 4.32. The van der Waals surface area contributed by atoms with Gasteiger partial charge in [-0.1, -0.05) is 19.1 Å². The normalized spacial score (nSPS) is 9.95. The highest BCUT2D eigenvalue weighted by molar-refractivity contribution is 5.68. The fraction of sp³-hybridized carbons (Fsp3) is 0.267. The van der Waals surface area contributed by atoms with E-state index < -0.39 is 0 Å². The van der Waals surface area contributed by atoms with Crippen LogP contribution in [-0.4, -0.2) is 16.5 Å². The van der Waals surface area contributed by atoms with E-state index in [4.69, 9.17) is 5.26 Å². The fourth-order valence-electron chi connectivity index (χ4n) is 1.90. The van der Waals surface area contributed by atoms with Gasteiger partial charge in [-0.05, 0) is 25.5 Å². The van der Waals surface area contributed by atoms with Gasteiger partial charge in [0.1, 0.15) is 12.1 Å². The van der Waals surface area contributed by atoms with Gasteiger partial charge in [-0.15, -0.1) is 0 Å². The number of aromatic nitrogens is 2. The standard InChI is InChI=1S/C15H16N4/c1-3-7-17-15-11(2)14(18-10-19-15)13-6-4-5-12(8-13)9-16/h4-6,8,10H,3,7H2,1-2H3,(H,17,18,19). The van der Waals surface area contributed by atoms with E-state index in [9.17, 15) is 0 Å². The van der Waals surface area contributed by atoms with Crippen molar-refractivity contribution in [2.75, 3.05) is 11.9 Å². The van der Waals surface area contributed by atoms with E-state index >= 15 is 0 Å². The lowest BCUT2D eigenvalue weighted by Crippen LogP contribution is -2.05. The minimum absolute atomic E-state index is 0.638. The van der Waals surface area contributed by atoms with Gasteiger partial charge in [-0.2, -0.15) is 5.26 Å². The lowest BCUT2D eigenvalue weighted by atomic mass is 10.0. The molecule has 2 rings (SSSR count). The van der Waals surface area contributed by atoms with E-state index in [1.54, 1.807) is 12.4 Å². The Morgan fingerprint density at radius 1 is 1.32 bits per heavy atom. The topological polar surface area (TPSA) is 61.6 Å². The summed E-state index contributed by atoms with van der Waals surface area (Å²) in [4.78, 5) is 8.59. The largest absolute Gasteiger partial charge is 0.370 e. The molecule has 4 nitrogen and oxygen atoms in total. The Labute approximate surface area is 113 Å². The van der Waals surface area contributed by atoms with Crippen LogP contribution in [0.5, 0.6) is 0 Å². The predicted molar refractivity (Wildman–Crippen MR) is 75.7 cm³/mol. The van der Waals surface area contributed by atoms with Gasteiger partial charge >= 0.3 is 0 Å². The second-order valence-electron chi connectivity index (χ2n) is 4.32. The van der Waals surface area contributed by atoms with E-state index in [2.05, 4.69) is 28.3 Å². The third-order valence-electron chi connectivity index (χ3n) is 2.89. The van der Waals surface area contributed by atoms with E-state index in [-0.39, 0.29) is 0 Å². The van der Waals surface area contributed by atoms with Crippen molar-refractivity contribution >= 4 is 5.82 Å². The molecule has 0 unspecified atom stereocenters. The lowest BCUT2D eigenvalue weighted by molar-refractivity contribution is 0.960. The molecule has 0 spiro atoms. The molecule has 0 aliphatic heterocycles. The van der Waals surface area contributed by atoms with Crippen LogP contribution >= 0.6 is 0 Å². The van der Waals surface area contributed by atoms with E-state index in [0.29, 0.717) is 5.56 Å². The van der Waals surface area contributed by atoms with Crippen molar-refractivity contribution in [1.29, 1.82) is 5.26 Å². The highest BCUT2D eigenvalue weighted by Gasteiger charge is 2.09. The lowest BCUT2D eigenvalue weighted by Gasteiger charge is -2.11. The van der Waals surface area contributed by atoms with Crippen LogP contribution in [0.4, 0.5) is 5.82 Å². The Morgan fingerprint density at radius 2 is 2.16 bits per heavy atom. The van der Waals surface area contributed by atoms with Gasteiger partial charge in [0.2, 0.25) is 0 Å². The predicted octanol–water partition coefficient (Wildman–Crippen LogP) is 3.15. The van der Waals surface area contributed by atoms with Crippen LogP contribution in [0, 0.1) is 18.3 Å². The fourth-order valence-corrected chi connectivity index (χ4v) is 1.90. The van der Waals surface area contributed by atoms with Crippen molar-refractivity contribution in [3.05, 3.63) is 41.7 Å². The summed E-state index contributed by atoms with van der Waals surface area (Å²) in [6.45, 7) is 4.99. The molecule has 0 saturated carbocycles. The van der Waals surface area contributed by atoms with Gasteiger partial charge in [0.25, 0.3) is 0 Å². The Bertz CT molecular complexity index is 614. The summed E-state index contributed by atoms with van der Waals surface area (Å²) in [5, 5.41) is 12.2. The number of nitrogens with one attached hydrogen (secondary N) is 1. The molecule has 0 bridgehead atoms. The minimum atomic E-state index is 0.638. The Kier molecular flexibility index (Phi) is 4.09. The van der Waals surface area contributed by atoms with E-state index in [1.807, 2.05) is 25.1 Å². The van der Waals surface area contributed by atoms with Gasteiger partial charge in [0.15, 0.2) is 0 Å². The highest BCUT2D eigenvalue weighted by atomic mass is 15.0. The zero-order chi connectivity index (χ0) is 13.7. The number of hydrogen-bond donors (Lipinski definition) is 1. The van der Waals surface area contributed by atoms with Crippen molar-refractivity contribution in [3.8, 4) is 17.3 Å². The zero-order valence-electron chi connectivity index (χ0n) is 11.1. The van der Waals surface area contributed by atoms with Gasteiger partial charge in [-0.25, -0.2) is 9.97 Å². The first kappa shape index (κ1) is 13.0. The number of anilines is 1. The maximum Gasteiger partial charge on any atom is 0.132 e. The van der Waals surface area contributed by atoms with Crippen molar-refractivity contribution < 1.29 is 0 Å². The summed E-state index contributed by atoms with van der Waals surface area (Å²) in [5.41, 5.74) is 3.45. The highest BCUT2D eigenvalue weighted by Crippen LogP contribution is 2.25. The molecular formula is C15H16N4. The van der Waals surface area contributed by atoms with Crippen LogP contribution in [0.3, 0.4) is 0 Å².